The highest BCUT2D eigenvalue weighted by Gasteiger charge is 2.07. The lowest BCUT2D eigenvalue weighted by Gasteiger charge is -2.14. The van der Waals surface area contributed by atoms with Crippen LogP contribution in [0.15, 0.2) is 36.4 Å². The quantitative estimate of drug-likeness (QED) is 0.879. The Hall–Kier alpha value is -1.80. The summed E-state index contributed by atoms with van der Waals surface area (Å²) in [6, 6.07) is 12.9. The molecule has 0 radical (unpaired) electrons. The highest BCUT2D eigenvalue weighted by molar-refractivity contribution is 5.43. The van der Waals surface area contributed by atoms with Gasteiger partial charge < -0.3 is 10.5 Å². The van der Waals surface area contributed by atoms with Gasteiger partial charge in [-0.05, 0) is 47.6 Å². The number of hydrogen-bond donors (Lipinski definition) is 1. The van der Waals surface area contributed by atoms with Crippen LogP contribution >= 0.6 is 0 Å². The third kappa shape index (κ3) is 3.85. The zero-order valence-corrected chi connectivity index (χ0v) is 13.4. The summed E-state index contributed by atoms with van der Waals surface area (Å²) < 4.78 is 6.01. The second kappa shape index (κ2) is 6.77. The average Bonchev–Trinajstić information content (AvgIpc) is 2.46. The number of ether oxygens (including phenoxy) is 1. The van der Waals surface area contributed by atoms with Gasteiger partial charge in [0, 0.05) is 6.54 Å². The van der Waals surface area contributed by atoms with Gasteiger partial charge in [0.15, 0.2) is 0 Å². The molecule has 0 fully saturated rings. The molecule has 0 bridgehead atoms. The Morgan fingerprint density at radius 3 is 2.00 bits per heavy atom. The number of rotatable bonds is 5. The van der Waals surface area contributed by atoms with Crippen LogP contribution in [0, 0.1) is 13.8 Å². The van der Waals surface area contributed by atoms with E-state index in [2.05, 4.69) is 64.1 Å². The van der Waals surface area contributed by atoms with E-state index in [0.29, 0.717) is 19.1 Å². The van der Waals surface area contributed by atoms with Crippen LogP contribution in [0.4, 0.5) is 0 Å². The summed E-state index contributed by atoms with van der Waals surface area (Å²) in [5.74, 6) is 1.54. The van der Waals surface area contributed by atoms with E-state index in [1.807, 2.05) is 0 Å². The van der Waals surface area contributed by atoms with Crippen molar-refractivity contribution in [2.24, 2.45) is 5.73 Å². The van der Waals surface area contributed by atoms with Crippen LogP contribution in [-0.2, 0) is 13.2 Å². The van der Waals surface area contributed by atoms with Crippen LogP contribution in [0.25, 0.3) is 0 Å². The molecule has 0 unspecified atom stereocenters. The van der Waals surface area contributed by atoms with Crippen molar-refractivity contribution in [3.05, 3.63) is 64.2 Å². The van der Waals surface area contributed by atoms with Crippen molar-refractivity contribution in [2.45, 2.75) is 46.8 Å². The Kier molecular flexibility index (Phi) is 5.03. The van der Waals surface area contributed by atoms with Crippen LogP contribution in [0.1, 0.15) is 47.6 Å². The van der Waals surface area contributed by atoms with Crippen LogP contribution in [0.5, 0.6) is 5.75 Å². The first-order chi connectivity index (χ1) is 10.0. The summed E-state index contributed by atoms with van der Waals surface area (Å²) in [6.45, 7) is 9.72. The molecule has 2 aromatic rings. The maximum absolute atomic E-state index is 6.01. The highest BCUT2D eigenvalue weighted by Crippen LogP contribution is 2.26. The molecule has 0 aliphatic rings. The van der Waals surface area contributed by atoms with Gasteiger partial charge in [0.05, 0.1) is 0 Å². The summed E-state index contributed by atoms with van der Waals surface area (Å²) in [7, 11) is 0. The van der Waals surface area contributed by atoms with Gasteiger partial charge in [-0.15, -0.1) is 0 Å². The number of aryl methyl sites for hydroxylation is 2. The molecule has 2 N–H and O–H groups in total. The van der Waals surface area contributed by atoms with Gasteiger partial charge in [0.1, 0.15) is 12.4 Å². The number of hydrogen-bond acceptors (Lipinski definition) is 2. The zero-order chi connectivity index (χ0) is 15.4. The Bertz CT molecular complexity index is 576. The molecule has 0 amide bonds. The Morgan fingerprint density at radius 1 is 0.952 bits per heavy atom. The average molecular weight is 283 g/mol. The predicted molar refractivity (Wildman–Crippen MR) is 88.7 cm³/mol. The van der Waals surface area contributed by atoms with E-state index in [9.17, 15) is 0 Å². The topological polar surface area (TPSA) is 35.2 Å². The Balaban J connectivity index is 2.09. The fourth-order valence-corrected chi connectivity index (χ4v) is 2.54. The number of benzene rings is 2. The minimum atomic E-state index is 0.563. The molecular formula is C19H25NO. The molecule has 0 atom stereocenters. The van der Waals surface area contributed by atoms with Crippen molar-refractivity contribution >= 4 is 0 Å². The molecule has 0 saturated heterocycles. The summed E-state index contributed by atoms with van der Waals surface area (Å²) in [5.41, 5.74) is 11.7. The van der Waals surface area contributed by atoms with E-state index in [-0.39, 0.29) is 0 Å². The fraction of sp³-hybridized carbons (Fsp3) is 0.368. The molecule has 2 aromatic carbocycles. The van der Waals surface area contributed by atoms with Gasteiger partial charge in [-0.1, -0.05) is 50.2 Å². The first-order valence-electron chi connectivity index (χ1n) is 7.53. The SMILES string of the molecule is Cc1cc(CN)cc(C)c1OCc1ccc(C(C)C)cc1. The van der Waals surface area contributed by atoms with Crippen molar-refractivity contribution < 1.29 is 4.74 Å². The van der Waals surface area contributed by atoms with Crippen molar-refractivity contribution in [3.63, 3.8) is 0 Å². The summed E-state index contributed by atoms with van der Waals surface area (Å²) >= 11 is 0. The molecule has 2 nitrogen and oxygen atoms in total. The maximum Gasteiger partial charge on any atom is 0.125 e. The monoisotopic (exact) mass is 283 g/mol. The highest BCUT2D eigenvalue weighted by atomic mass is 16.5. The maximum atomic E-state index is 6.01. The number of nitrogens with two attached hydrogens (primary N) is 1. The predicted octanol–water partition coefficient (Wildman–Crippen LogP) is 4.46. The van der Waals surface area contributed by atoms with E-state index in [1.54, 1.807) is 0 Å². The third-order valence-corrected chi connectivity index (χ3v) is 3.79. The molecule has 0 aromatic heterocycles. The third-order valence-electron chi connectivity index (χ3n) is 3.79. The Morgan fingerprint density at radius 2 is 1.52 bits per heavy atom. The van der Waals surface area contributed by atoms with Gasteiger partial charge in [0.25, 0.3) is 0 Å². The Labute approximate surface area is 127 Å². The van der Waals surface area contributed by atoms with Crippen LogP contribution in [0.2, 0.25) is 0 Å². The van der Waals surface area contributed by atoms with Crippen molar-refractivity contribution in [2.75, 3.05) is 0 Å². The van der Waals surface area contributed by atoms with Crippen molar-refractivity contribution in [1.82, 2.24) is 0 Å². The van der Waals surface area contributed by atoms with Gasteiger partial charge in [0.2, 0.25) is 0 Å². The molecule has 2 rings (SSSR count). The molecule has 0 aliphatic heterocycles. The van der Waals surface area contributed by atoms with Crippen molar-refractivity contribution in [1.29, 1.82) is 0 Å². The molecule has 0 heterocycles. The van der Waals surface area contributed by atoms with E-state index in [1.165, 1.54) is 11.1 Å². The lowest BCUT2D eigenvalue weighted by molar-refractivity contribution is 0.302. The van der Waals surface area contributed by atoms with E-state index >= 15 is 0 Å². The van der Waals surface area contributed by atoms with Gasteiger partial charge in [-0.25, -0.2) is 0 Å². The normalized spacial score (nSPS) is 11.0. The minimum absolute atomic E-state index is 0.563. The minimum Gasteiger partial charge on any atom is -0.488 e. The van der Waals surface area contributed by atoms with E-state index in [4.69, 9.17) is 10.5 Å². The molecular weight excluding hydrogens is 258 g/mol. The van der Waals surface area contributed by atoms with Crippen LogP contribution in [-0.4, -0.2) is 0 Å². The molecule has 112 valence electrons. The first-order valence-corrected chi connectivity index (χ1v) is 7.53. The van der Waals surface area contributed by atoms with E-state index < -0.39 is 0 Å². The smallest absolute Gasteiger partial charge is 0.125 e. The molecule has 0 aliphatic carbocycles. The molecule has 0 saturated carbocycles. The van der Waals surface area contributed by atoms with Gasteiger partial charge >= 0.3 is 0 Å². The fourth-order valence-electron chi connectivity index (χ4n) is 2.54. The lowest BCUT2D eigenvalue weighted by atomic mass is 10.0. The standard InChI is InChI=1S/C19H25NO/c1-13(2)18-7-5-16(6-8-18)12-21-19-14(3)9-17(11-20)10-15(19)4/h5-10,13H,11-12,20H2,1-4H3. The summed E-state index contributed by atoms with van der Waals surface area (Å²) in [4.78, 5) is 0. The zero-order valence-electron chi connectivity index (χ0n) is 13.4. The lowest BCUT2D eigenvalue weighted by Crippen LogP contribution is -2.02. The molecule has 0 spiro atoms. The largest absolute Gasteiger partial charge is 0.488 e. The van der Waals surface area contributed by atoms with Gasteiger partial charge in [-0.2, -0.15) is 0 Å². The van der Waals surface area contributed by atoms with E-state index in [0.717, 1.165) is 22.4 Å². The van der Waals surface area contributed by atoms with Crippen LogP contribution in [0.3, 0.4) is 0 Å². The summed E-state index contributed by atoms with van der Waals surface area (Å²) in [5, 5.41) is 0. The van der Waals surface area contributed by atoms with Gasteiger partial charge in [-0.3, -0.25) is 0 Å². The molecule has 21 heavy (non-hydrogen) atoms. The van der Waals surface area contributed by atoms with Crippen molar-refractivity contribution in [3.8, 4) is 5.75 Å². The second-order valence-corrected chi connectivity index (χ2v) is 5.95. The summed E-state index contributed by atoms with van der Waals surface area (Å²) in [6.07, 6.45) is 0. The first kappa shape index (κ1) is 15.6. The van der Waals surface area contributed by atoms with Crippen LogP contribution < -0.4 is 10.5 Å². The molecule has 2 heteroatoms. The second-order valence-electron chi connectivity index (χ2n) is 5.95.